The first-order chi connectivity index (χ1) is 51.8. The highest BCUT2D eigenvalue weighted by Crippen LogP contribution is 2.52. The lowest BCUT2D eigenvalue weighted by atomic mass is 9.80. The zero-order chi connectivity index (χ0) is 74.8. The predicted octanol–water partition coefficient (Wildman–Crippen LogP) is 19.5. The average molecular weight is 1550 g/mol. The average Bonchev–Trinajstić information content (AvgIpc) is 1.50. The lowest BCUT2D eigenvalue weighted by molar-refractivity contribution is -0.0500. The van der Waals surface area contributed by atoms with Crippen LogP contribution < -0.4 is 14.4 Å². The van der Waals surface area contributed by atoms with Crippen molar-refractivity contribution in [3.05, 3.63) is 179 Å². The van der Waals surface area contributed by atoms with E-state index in [0.29, 0.717) is 35.1 Å². The highest BCUT2D eigenvalue weighted by molar-refractivity contribution is 7.88. The van der Waals surface area contributed by atoms with E-state index in [0.717, 1.165) is 108 Å². The first-order valence-electron chi connectivity index (χ1n) is 40.4. The summed E-state index contributed by atoms with van der Waals surface area (Å²) in [6.07, 6.45) is 32.2. The maximum Gasteiger partial charge on any atom is 0.534 e. The van der Waals surface area contributed by atoms with Crippen molar-refractivity contribution in [2.45, 2.75) is 215 Å². The number of phenolic OH excluding ortho intramolecular Hbond substituents is 1. The van der Waals surface area contributed by atoms with Crippen LogP contribution in [-0.4, -0.2) is 145 Å². The molecule has 20 heteroatoms. The van der Waals surface area contributed by atoms with Crippen molar-refractivity contribution in [3.8, 4) is 28.4 Å². The summed E-state index contributed by atoms with van der Waals surface area (Å²) in [5.41, 5.74) is 0.798. The number of alkyl halides is 5. The van der Waals surface area contributed by atoms with E-state index in [9.17, 15) is 35.5 Å². The molecule has 8 saturated carbocycles. The molecule has 4 heterocycles. The van der Waals surface area contributed by atoms with Crippen molar-refractivity contribution in [1.29, 1.82) is 0 Å². The van der Waals surface area contributed by atoms with E-state index in [2.05, 4.69) is 78.4 Å². The van der Waals surface area contributed by atoms with E-state index in [-0.39, 0.29) is 35.7 Å². The van der Waals surface area contributed by atoms with Crippen molar-refractivity contribution in [3.63, 3.8) is 0 Å². The lowest BCUT2D eigenvalue weighted by Crippen LogP contribution is -2.43. The van der Waals surface area contributed by atoms with Gasteiger partial charge in [-0.05, 0) is 310 Å². The summed E-state index contributed by atoms with van der Waals surface area (Å²) in [7, 11) is -5.58. The van der Waals surface area contributed by atoms with Gasteiger partial charge in [0, 0.05) is 35.2 Å². The molecule has 4 saturated heterocycles. The molecule has 0 amide bonds. The molecule has 11 nitrogen and oxygen atoms in total. The number of hydrogen-bond donors (Lipinski definition) is 3. The van der Waals surface area contributed by atoms with Gasteiger partial charge in [-0.25, -0.2) is 8.78 Å². The molecule has 0 unspecified atom stereocenters. The first-order valence-corrected chi connectivity index (χ1v) is 42.8. The molecular formula is C88H116BCl2F5N4O7S. The van der Waals surface area contributed by atoms with Crippen molar-refractivity contribution >= 4 is 45.9 Å². The number of likely N-dealkylation sites (tertiary alicyclic amines) is 4. The second-order valence-corrected chi connectivity index (χ2v) is 35.4. The Morgan fingerprint density at radius 3 is 1.07 bits per heavy atom. The van der Waals surface area contributed by atoms with Crippen LogP contribution in [0, 0.1) is 59.0 Å². The molecule has 8 bridgehead atoms. The molecule has 4 aliphatic heterocycles. The number of phenols is 1. The molecule has 0 aromatic heterocycles. The molecular weight excluding hydrogens is 1430 g/mol. The van der Waals surface area contributed by atoms with Crippen molar-refractivity contribution in [2.75, 3.05) is 64.8 Å². The molecule has 0 spiro atoms. The maximum atomic E-state index is 14.4. The maximum absolute atomic E-state index is 14.4. The van der Waals surface area contributed by atoms with Crippen LogP contribution in [0.25, 0.3) is 11.1 Å². The van der Waals surface area contributed by atoms with Crippen LogP contribution >= 0.6 is 23.2 Å². The van der Waals surface area contributed by atoms with E-state index in [1.807, 2.05) is 30.3 Å². The van der Waals surface area contributed by atoms with Crippen molar-refractivity contribution < 1.29 is 54.4 Å². The van der Waals surface area contributed by atoms with E-state index in [4.69, 9.17) is 38.0 Å². The Morgan fingerprint density at radius 1 is 0.417 bits per heavy atom. The standard InChI is InChI=1S/C24H28FN.C19H24F3NO3S.C19H27NO.C18H25NO.C6H6BFO2.CH2Cl2.CH4/c25-23-8-4-3-7-22(23)21-6-2-1-5-20(21)18-11-13-26(14-12-18)24-16-17-9-10-19(24)15-17;20-19(21,22)27(24,25)26-18-4-2-1-3-16(18)14-7-9-23(10-8-14)17-12-13-5-6-15(17)11-13;1-21-19-5-3-2-4-17(19)15-8-10-20(11-9-15)18-13-14-6-7-16(18)12-14;20-18-4-2-1-3-16(18)14-7-9-19(10-8-14)17-12-13-5-6-15(17)11-13;8-6-4-2-1-3-5(6)7(9)10;2-1-3;/h1-8,17-19,24H,9-16H2;1-4,13-15,17H,5-12H2;2-5,14-16,18H,6-13H2,1H3;1-4,13-15,17,20H,5-12H2;1-4,9-10H;1H2;1H4/t17-,19+,24-;13-,15+,17-;14-,16+,18-;13-,15+,17-;;;/m1111.../s1. The minimum atomic E-state index is -5.65. The van der Waals surface area contributed by atoms with Crippen molar-refractivity contribution in [1.82, 2.24) is 19.6 Å². The second-order valence-electron chi connectivity index (χ2n) is 33.1. The number of ether oxygens (including phenoxy) is 1. The van der Waals surface area contributed by atoms with Gasteiger partial charge in [-0.1, -0.05) is 148 Å². The molecule has 588 valence electrons. The molecule has 3 N–H and O–H groups in total. The predicted molar refractivity (Wildman–Crippen MR) is 426 cm³/mol. The number of aromatic hydroxyl groups is 1. The van der Waals surface area contributed by atoms with Crippen LogP contribution in [-0.2, 0) is 10.1 Å². The summed E-state index contributed by atoms with van der Waals surface area (Å²) in [5.74, 6) is 10.3. The quantitative estimate of drug-likeness (QED) is 0.0336. The summed E-state index contributed by atoms with van der Waals surface area (Å²) in [6, 6.07) is 47.2. The number of fused-ring (bicyclic) bond motifs is 8. The normalized spacial score (nSPS) is 28.5. The third-order valence-electron chi connectivity index (χ3n) is 27.3. The highest BCUT2D eigenvalue weighted by Gasteiger charge is 2.50. The van der Waals surface area contributed by atoms with Crippen molar-refractivity contribution in [2.24, 2.45) is 47.3 Å². The van der Waals surface area contributed by atoms with Gasteiger partial charge in [0.05, 0.1) is 12.4 Å². The fourth-order valence-electron chi connectivity index (χ4n) is 22.2. The monoisotopic (exact) mass is 1550 g/mol. The fourth-order valence-corrected chi connectivity index (χ4v) is 22.6. The Hall–Kier alpha value is -5.28. The SMILES string of the molecule is C.COc1ccccc1C1CCN([C@@H]2C[C@@H]3CC[C@H]2C3)CC1.ClCCl.Fc1ccccc1-c1ccccc1C1CCN([C@@H]2C[C@@H]3CC[C@H]2C3)CC1.O=S(=O)(Oc1ccccc1C1CCN([C@@H]2C[C@@H]3CC[C@H]2C3)CC1)C(F)(F)F.OB(O)c1ccccc1F.Oc1ccccc1C1CCN([C@@H]2C[C@@H]3CC[C@H]2C3)CC1. The van der Waals surface area contributed by atoms with Gasteiger partial charge in [0.1, 0.15) is 28.9 Å². The van der Waals surface area contributed by atoms with Crippen LogP contribution in [0.5, 0.6) is 17.2 Å². The smallest absolute Gasteiger partial charge is 0.508 e. The van der Waals surface area contributed by atoms with Gasteiger partial charge in [0.15, 0.2) is 0 Å². The van der Waals surface area contributed by atoms with Crippen LogP contribution in [0.1, 0.15) is 207 Å². The second kappa shape index (κ2) is 38.0. The third kappa shape index (κ3) is 19.8. The van der Waals surface area contributed by atoms with Crippen LogP contribution in [0.15, 0.2) is 146 Å². The largest absolute Gasteiger partial charge is 0.534 e. The van der Waals surface area contributed by atoms with E-state index < -0.39 is 28.6 Å². The minimum absolute atomic E-state index is 0. The molecule has 8 aliphatic carbocycles. The minimum Gasteiger partial charge on any atom is -0.508 e. The molecule has 0 radical (unpaired) electrons. The summed E-state index contributed by atoms with van der Waals surface area (Å²) in [4.78, 5) is 10.9. The van der Waals surface area contributed by atoms with Gasteiger partial charge in [-0.3, -0.25) is 0 Å². The number of halogens is 7. The van der Waals surface area contributed by atoms with Gasteiger partial charge in [0.2, 0.25) is 0 Å². The number of methoxy groups -OCH3 is 1. The summed E-state index contributed by atoms with van der Waals surface area (Å²) in [6.45, 7) is 9.26. The Morgan fingerprint density at radius 2 is 0.731 bits per heavy atom. The number of benzene rings is 6. The molecule has 6 aromatic rings. The van der Waals surface area contributed by atoms with Gasteiger partial charge < -0.3 is 43.7 Å². The third-order valence-corrected chi connectivity index (χ3v) is 28.3. The van der Waals surface area contributed by atoms with Crippen LogP contribution in [0.4, 0.5) is 22.0 Å². The Labute approximate surface area is 650 Å². The van der Waals surface area contributed by atoms with E-state index in [1.165, 1.54) is 234 Å². The van der Waals surface area contributed by atoms with Gasteiger partial charge in [0.25, 0.3) is 0 Å². The number of para-hydroxylation sites is 3. The summed E-state index contributed by atoms with van der Waals surface area (Å²) < 4.78 is 97.7. The van der Waals surface area contributed by atoms with E-state index in [1.54, 1.807) is 31.4 Å². The summed E-state index contributed by atoms with van der Waals surface area (Å²) >= 11 is 9.53. The van der Waals surface area contributed by atoms with Gasteiger partial charge >= 0.3 is 22.7 Å². The highest BCUT2D eigenvalue weighted by atomic mass is 35.5. The number of hydrogen-bond acceptors (Lipinski definition) is 11. The molecule has 18 rings (SSSR count). The zero-order valence-electron chi connectivity index (χ0n) is 62.3. The Kier molecular flexibility index (Phi) is 28.9. The molecule has 108 heavy (non-hydrogen) atoms. The van der Waals surface area contributed by atoms with Gasteiger partial charge in [-0.2, -0.15) is 21.6 Å². The number of nitrogens with zero attached hydrogens (tertiary/aromatic N) is 4. The van der Waals surface area contributed by atoms with Crippen LogP contribution in [0.3, 0.4) is 0 Å². The fraction of sp³-hybridized carbons (Fsp3) is 0.591. The Bertz CT molecular complexity index is 3930. The zero-order valence-corrected chi connectivity index (χ0v) is 64.7. The Balaban J connectivity index is 0.000000128. The van der Waals surface area contributed by atoms with Gasteiger partial charge in [-0.15, -0.1) is 23.2 Å². The number of rotatable bonds is 13. The molecule has 12 atom stereocenters. The molecule has 12 aliphatic rings. The number of piperidine rings is 4. The van der Waals surface area contributed by atoms with Crippen LogP contribution in [0.2, 0.25) is 0 Å². The summed E-state index contributed by atoms with van der Waals surface area (Å²) in [5, 5.41) is 27.2. The molecule has 6 aromatic carbocycles. The lowest BCUT2D eigenvalue weighted by Gasteiger charge is -2.40. The first kappa shape index (κ1) is 82.2. The van der Waals surface area contributed by atoms with E-state index >= 15 is 0 Å². The molecule has 12 fully saturated rings. The topological polar surface area (TPSA) is 126 Å².